The van der Waals surface area contributed by atoms with E-state index in [9.17, 15) is 9.59 Å². The van der Waals surface area contributed by atoms with Crippen molar-refractivity contribution in [1.29, 1.82) is 0 Å². The first-order valence-corrected chi connectivity index (χ1v) is 8.53. The Morgan fingerprint density at radius 3 is 2.74 bits per heavy atom. The summed E-state index contributed by atoms with van der Waals surface area (Å²) in [6, 6.07) is 10.4. The Morgan fingerprint density at radius 1 is 1.26 bits per heavy atom. The van der Waals surface area contributed by atoms with Crippen LogP contribution in [0.5, 0.6) is 0 Å². The molecule has 0 aromatic heterocycles. The summed E-state index contributed by atoms with van der Waals surface area (Å²) in [5, 5.41) is 3.06. The van der Waals surface area contributed by atoms with Crippen LogP contribution in [0, 0.1) is 11.8 Å². The highest BCUT2D eigenvalue weighted by Gasteiger charge is 2.33. The van der Waals surface area contributed by atoms with Crippen LogP contribution in [0.25, 0.3) is 0 Å². The van der Waals surface area contributed by atoms with Crippen LogP contribution in [0.3, 0.4) is 0 Å². The molecule has 0 radical (unpaired) electrons. The summed E-state index contributed by atoms with van der Waals surface area (Å²) in [5.74, 6) is 0.448. The highest BCUT2D eigenvalue weighted by atomic mass is 16.2. The maximum absolute atomic E-state index is 12.3. The maximum atomic E-state index is 12.3. The summed E-state index contributed by atoms with van der Waals surface area (Å²) in [7, 11) is 0. The molecule has 0 bridgehead atoms. The molecule has 23 heavy (non-hydrogen) atoms. The van der Waals surface area contributed by atoms with Gasteiger partial charge < -0.3 is 15.1 Å². The van der Waals surface area contributed by atoms with Gasteiger partial charge in [0.2, 0.25) is 11.8 Å². The summed E-state index contributed by atoms with van der Waals surface area (Å²) in [5.41, 5.74) is 1.25. The smallest absolute Gasteiger partial charge is 0.225 e. The first kappa shape index (κ1) is 15.8. The lowest BCUT2D eigenvalue weighted by Crippen LogP contribution is -2.36. The molecule has 2 heterocycles. The van der Waals surface area contributed by atoms with E-state index in [0.29, 0.717) is 32.0 Å². The average molecular weight is 315 g/mol. The molecule has 1 aromatic rings. The van der Waals surface area contributed by atoms with Gasteiger partial charge in [0.1, 0.15) is 0 Å². The fourth-order valence-corrected chi connectivity index (χ4v) is 3.52. The highest BCUT2D eigenvalue weighted by molar-refractivity contribution is 5.89. The molecule has 5 heteroatoms. The van der Waals surface area contributed by atoms with Crippen molar-refractivity contribution in [2.75, 3.05) is 37.6 Å². The zero-order valence-electron chi connectivity index (χ0n) is 13.7. The van der Waals surface area contributed by atoms with Crippen molar-refractivity contribution in [3.63, 3.8) is 0 Å². The first-order valence-electron chi connectivity index (χ1n) is 8.53. The Morgan fingerprint density at radius 2 is 2.04 bits per heavy atom. The molecule has 0 spiro atoms. The minimum absolute atomic E-state index is 0.0347. The van der Waals surface area contributed by atoms with Crippen molar-refractivity contribution >= 4 is 17.5 Å². The Kier molecular flexibility index (Phi) is 4.84. The molecular formula is C18H25N3O2. The van der Waals surface area contributed by atoms with Gasteiger partial charge in [0, 0.05) is 44.8 Å². The molecule has 3 rings (SSSR count). The second kappa shape index (κ2) is 7.02. The van der Waals surface area contributed by atoms with Gasteiger partial charge >= 0.3 is 0 Å². The van der Waals surface area contributed by atoms with Crippen molar-refractivity contribution in [3.8, 4) is 0 Å². The van der Waals surface area contributed by atoms with Gasteiger partial charge in [-0.15, -0.1) is 0 Å². The van der Waals surface area contributed by atoms with Gasteiger partial charge in [0.25, 0.3) is 0 Å². The molecule has 0 aliphatic carbocycles. The van der Waals surface area contributed by atoms with Crippen LogP contribution in [-0.2, 0) is 9.59 Å². The maximum Gasteiger partial charge on any atom is 0.225 e. The van der Waals surface area contributed by atoms with Crippen LogP contribution in [0.15, 0.2) is 30.3 Å². The summed E-state index contributed by atoms with van der Waals surface area (Å²) < 4.78 is 0. The predicted molar refractivity (Wildman–Crippen MR) is 90.1 cm³/mol. The molecule has 2 saturated heterocycles. The van der Waals surface area contributed by atoms with Gasteiger partial charge in [0.15, 0.2) is 0 Å². The van der Waals surface area contributed by atoms with Crippen LogP contribution < -0.4 is 10.2 Å². The Bertz CT molecular complexity index is 561. The van der Waals surface area contributed by atoms with Crippen LogP contribution in [0.1, 0.15) is 19.8 Å². The molecule has 2 fully saturated rings. The number of para-hydroxylation sites is 1. The number of rotatable bonds is 5. The zero-order valence-corrected chi connectivity index (χ0v) is 13.7. The van der Waals surface area contributed by atoms with Gasteiger partial charge in [-0.1, -0.05) is 18.2 Å². The second-order valence-electron chi connectivity index (χ2n) is 6.51. The number of carbonyl (C=O) groups is 2. The number of anilines is 1. The third kappa shape index (κ3) is 3.66. The van der Waals surface area contributed by atoms with E-state index >= 15 is 0 Å². The molecular weight excluding hydrogens is 290 g/mol. The monoisotopic (exact) mass is 315 g/mol. The van der Waals surface area contributed by atoms with E-state index in [1.165, 1.54) is 5.69 Å². The summed E-state index contributed by atoms with van der Waals surface area (Å²) >= 11 is 0. The molecule has 1 aromatic carbocycles. The number of hydrogen-bond donors (Lipinski definition) is 1. The lowest BCUT2D eigenvalue weighted by Gasteiger charge is -2.19. The number of nitrogens with one attached hydrogen (secondary N) is 1. The Labute approximate surface area is 137 Å². The lowest BCUT2D eigenvalue weighted by atomic mass is 10.1. The SMILES string of the molecule is CCN1C[C@@H](C(=O)NC[C@@H]2CCN(c3ccccc3)C2)CC1=O. The van der Waals surface area contributed by atoms with Gasteiger partial charge in [-0.05, 0) is 31.4 Å². The normalized spacial score (nSPS) is 24.3. The number of carbonyl (C=O) groups excluding carboxylic acids is 2. The standard InChI is InChI=1S/C18H25N3O2/c1-2-20-13-15(10-17(20)22)18(23)19-11-14-8-9-21(12-14)16-6-4-3-5-7-16/h3-7,14-15H,2,8-13H2,1H3,(H,19,23)/t14-,15-/m0/s1. The van der Waals surface area contributed by atoms with Crippen LogP contribution in [0.2, 0.25) is 0 Å². The molecule has 2 atom stereocenters. The van der Waals surface area contributed by atoms with Crippen LogP contribution >= 0.6 is 0 Å². The van der Waals surface area contributed by atoms with Crippen molar-refractivity contribution in [2.45, 2.75) is 19.8 Å². The Hall–Kier alpha value is -2.04. The second-order valence-corrected chi connectivity index (χ2v) is 6.51. The summed E-state index contributed by atoms with van der Waals surface area (Å²) in [4.78, 5) is 28.1. The zero-order chi connectivity index (χ0) is 16.2. The number of benzene rings is 1. The van der Waals surface area contributed by atoms with E-state index in [1.807, 2.05) is 13.0 Å². The topological polar surface area (TPSA) is 52.7 Å². The van der Waals surface area contributed by atoms with E-state index in [0.717, 1.165) is 19.5 Å². The fraction of sp³-hybridized carbons (Fsp3) is 0.556. The predicted octanol–water partition coefficient (Wildman–Crippen LogP) is 1.50. The molecule has 2 aliphatic heterocycles. The summed E-state index contributed by atoms with van der Waals surface area (Å²) in [6.07, 6.45) is 1.46. The number of likely N-dealkylation sites (tertiary alicyclic amines) is 1. The number of hydrogen-bond acceptors (Lipinski definition) is 3. The Balaban J connectivity index is 1.45. The molecule has 124 valence electrons. The van der Waals surface area contributed by atoms with E-state index < -0.39 is 0 Å². The molecule has 2 amide bonds. The van der Waals surface area contributed by atoms with Gasteiger partial charge in [-0.2, -0.15) is 0 Å². The van der Waals surface area contributed by atoms with Crippen molar-refractivity contribution in [3.05, 3.63) is 30.3 Å². The third-order valence-corrected chi connectivity index (χ3v) is 4.94. The van der Waals surface area contributed by atoms with E-state index in [2.05, 4.69) is 34.5 Å². The van der Waals surface area contributed by atoms with Crippen LogP contribution in [0.4, 0.5) is 5.69 Å². The minimum atomic E-state index is -0.172. The van der Waals surface area contributed by atoms with Crippen LogP contribution in [-0.4, -0.2) is 49.4 Å². The lowest BCUT2D eigenvalue weighted by molar-refractivity contribution is -0.128. The van der Waals surface area contributed by atoms with Gasteiger partial charge in [0.05, 0.1) is 5.92 Å². The molecule has 0 saturated carbocycles. The minimum Gasteiger partial charge on any atom is -0.371 e. The highest BCUT2D eigenvalue weighted by Crippen LogP contribution is 2.23. The third-order valence-electron chi connectivity index (χ3n) is 4.94. The van der Waals surface area contributed by atoms with E-state index in [4.69, 9.17) is 0 Å². The molecule has 2 aliphatic rings. The van der Waals surface area contributed by atoms with Gasteiger partial charge in [-0.25, -0.2) is 0 Å². The van der Waals surface area contributed by atoms with Crippen molar-refractivity contribution < 1.29 is 9.59 Å². The number of amides is 2. The van der Waals surface area contributed by atoms with Gasteiger partial charge in [-0.3, -0.25) is 9.59 Å². The molecule has 1 N–H and O–H groups in total. The largest absolute Gasteiger partial charge is 0.371 e. The number of nitrogens with zero attached hydrogens (tertiary/aromatic N) is 2. The quantitative estimate of drug-likeness (QED) is 0.896. The van der Waals surface area contributed by atoms with Crippen molar-refractivity contribution in [1.82, 2.24) is 10.2 Å². The summed E-state index contributed by atoms with van der Waals surface area (Å²) in [6.45, 7) is 5.94. The fourth-order valence-electron chi connectivity index (χ4n) is 3.52. The molecule has 0 unspecified atom stereocenters. The average Bonchev–Trinajstić information content (AvgIpc) is 3.20. The van der Waals surface area contributed by atoms with E-state index in [-0.39, 0.29) is 17.7 Å². The van der Waals surface area contributed by atoms with Crippen molar-refractivity contribution in [2.24, 2.45) is 11.8 Å². The molecule has 5 nitrogen and oxygen atoms in total. The van der Waals surface area contributed by atoms with E-state index in [1.54, 1.807) is 4.90 Å². The first-order chi connectivity index (χ1) is 11.2.